The fraction of sp³-hybridized carbons (Fsp3) is 0.632. The zero-order valence-electron chi connectivity index (χ0n) is 14.9. The van der Waals surface area contributed by atoms with Gasteiger partial charge in [-0.15, -0.1) is 0 Å². The van der Waals surface area contributed by atoms with Crippen LogP contribution in [0.2, 0.25) is 0 Å². The number of rotatable bonds is 9. The smallest absolute Gasteiger partial charge is 0.223 e. The number of sulfone groups is 1. The summed E-state index contributed by atoms with van der Waals surface area (Å²) in [5.74, 6) is 0.563. The van der Waals surface area contributed by atoms with Crippen molar-refractivity contribution in [3.8, 4) is 0 Å². The lowest BCUT2D eigenvalue weighted by molar-refractivity contribution is -0.125. The summed E-state index contributed by atoms with van der Waals surface area (Å²) in [4.78, 5) is 12.6. The van der Waals surface area contributed by atoms with E-state index < -0.39 is 9.84 Å². The summed E-state index contributed by atoms with van der Waals surface area (Å²) in [7, 11) is -3.43. The van der Waals surface area contributed by atoms with E-state index in [2.05, 4.69) is 12.2 Å². The predicted molar refractivity (Wildman–Crippen MR) is 97.8 cm³/mol. The summed E-state index contributed by atoms with van der Waals surface area (Å²) in [5, 5.41) is 11.8. The van der Waals surface area contributed by atoms with E-state index in [0.717, 1.165) is 18.4 Å². The van der Waals surface area contributed by atoms with Gasteiger partial charge < -0.3 is 10.4 Å². The Balaban J connectivity index is 1.88. The Kier molecular flexibility index (Phi) is 7.44. The van der Waals surface area contributed by atoms with Gasteiger partial charge in [0.2, 0.25) is 5.91 Å². The number of carbonyl (C=O) groups excluding carboxylic acids is 1. The van der Waals surface area contributed by atoms with Crippen molar-refractivity contribution in [2.45, 2.75) is 56.9 Å². The molecule has 2 rings (SSSR count). The van der Waals surface area contributed by atoms with Gasteiger partial charge in [0.15, 0.2) is 9.84 Å². The predicted octanol–water partition coefficient (Wildman–Crippen LogP) is 2.68. The molecule has 25 heavy (non-hydrogen) atoms. The van der Waals surface area contributed by atoms with Crippen molar-refractivity contribution in [3.63, 3.8) is 0 Å². The summed E-state index contributed by atoms with van der Waals surface area (Å²) in [5.41, 5.74) is 0.868. The van der Waals surface area contributed by atoms with Crippen molar-refractivity contribution < 1.29 is 18.3 Å². The van der Waals surface area contributed by atoms with Crippen molar-refractivity contribution >= 4 is 15.7 Å². The van der Waals surface area contributed by atoms with Crippen LogP contribution >= 0.6 is 0 Å². The Morgan fingerprint density at radius 2 is 1.88 bits per heavy atom. The molecule has 0 aliphatic heterocycles. The Hall–Kier alpha value is -1.40. The van der Waals surface area contributed by atoms with Gasteiger partial charge in [0.05, 0.1) is 17.3 Å². The van der Waals surface area contributed by atoms with Crippen molar-refractivity contribution in [3.05, 3.63) is 29.8 Å². The van der Waals surface area contributed by atoms with Crippen molar-refractivity contribution in [1.82, 2.24) is 5.32 Å². The molecule has 0 unspecified atom stereocenters. The van der Waals surface area contributed by atoms with Crippen LogP contribution in [0.5, 0.6) is 0 Å². The molecule has 1 atom stereocenters. The molecule has 1 aliphatic carbocycles. The first-order valence-corrected chi connectivity index (χ1v) is 10.8. The van der Waals surface area contributed by atoms with Crippen LogP contribution in [-0.2, 0) is 21.2 Å². The Labute approximate surface area is 150 Å². The van der Waals surface area contributed by atoms with Gasteiger partial charge in [0.1, 0.15) is 0 Å². The first-order valence-electron chi connectivity index (χ1n) is 9.16. The highest BCUT2D eigenvalue weighted by Gasteiger charge is 2.23. The third kappa shape index (κ3) is 5.82. The number of aliphatic hydroxyl groups excluding tert-OH is 1. The third-order valence-corrected chi connectivity index (χ3v) is 6.78. The van der Waals surface area contributed by atoms with Crippen LogP contribution in [0.4, 0.5) is 0 Å². The molecule has 0 bridgehead atoms. The fourth-order valence-corrected chi connectivity index (χ4v) is 4.52. The Bertz CT molecular complexity index is 649. The van der Waals surface area contributed by atoms with E-state index in [9.17, 15) is 13.2 Å². The molecule has 6 heteroatoms. The van der Waals surface area contributed by atoms with Crippen LogP contribution in [0.25, 0.3) is 0 Å². The number of nitrogens with one attached hydrogen (secondary N) is 1. The first-order chi connectivity index (χ1) is 12.0. The van der Waals surface area contributed by atoms with Crippen LogP contribution in [0.15, 0.2) is 29.2 Å². The molecular formula is C19H29NO4S. The first kappa shape index (κ1) is 19.9. The van der Waals surface area contributed by atoms with Crippen molar-refractivity contribution in [2.75, 3.05) is 12.4 Å². The number of hydrogen-bond donors (Lipinski definition) is 2. The number of hydrogen-bond acceptors (Lipinski definition) is 4. The second-order valence-corrected chi connectivity index (χ2v) is 9.00. The largest absolute Gasteiger partial charge is 0.395 e. The molecule has 140 valence electrons. The number of amides is 1. The second-order valence-electron chi connectivity index (χ2n) is 6.90. The molecule has 1 aromatic carbocycles. The lowest BCUT2D eigenvalue weighted by atomic mass is 9.91. The van der Waals surface area contributed by atoms with E-state index in [1.165, 1.54) is 37.8 Å². The normalized spacial score (nSPS) is 16.7. The quantitative estimate of drug-likeness (QED) is 0.703. The highest BCUT2D eigenvalue weighted by Crippen LogP contribution is 2.31. The lowest BCUT2D eigenvalue weighted by Crippen LogP contribution is -2.31. The zero-order valence-corrected chi connectivity index (χ0v) is 15.7. The second kappa shape index (κ2) is 9.34. The maximum Gasteiger partial charge on any atom is 0.223 e. The molecule has 0 spiro atoms. The molecule has 1 aromatic rings. The average Bonchev–Trinajstić information content (AvgIpc) is 3.11. The van der Waals surface area contributed by atoms with E-state index in [0.29, 0.717) is 12.5 Å². The standard InChI is InChI=1S/C19H29NO4S/c1-2-17(13-15-5-3-4-6-15)19(22)20-14-16-7-9-18(10-8-16)25(23,24)12-11-21/h7-10,15,17,21H,2-6,11-14H2,1H3,(H,20,22)/t17-/m1/s1. The summed E-state index contributed by atoms with van der Waals surface area (Å²) in [6, 6.07) is 6.48. The fourth-order valence-electron chi connectivity index (χ4n) is 3.49. The Morgan fingerprint density at radius 1 is 1.24 bits per heavy atom. The van der Waals surface area contributed by atoms with Gasteiger partial charge in [-0.1, -0.05) is 44.7 Å². The van der Waals surface area contributed by atoms with E-state index in [-0.39, 0.29) is 29.1 Å². The number of benzene rings is 1. The van der Waals surface area contributed by atoms with Gasteiger partial charge in [0, 0.05) is 12.5 Å². The molecule has 1 amide bonds. The maximum atomic E-state index is 12.4. The number of carbonyl (C=O) groups is 1. The molecule has 0 saturated heterocycles. The van der Waals surface area contributed by atoms with E-state index in [1.54, 1.807) is 12.1 Å². The molecule has 5 nitrogen and oxygen atoms in total. The minimum atomic E-state index is -3.43. The van der Waals surface area contributed by atoms with Crippen LogP contribution in [0.3, 0.4) is 0 Å². The van der Waals surface area contributed by atoms with Gasteiger partial charge in [-0.25, -0.2) is 8.42 Å². The lowest BCUT2D eigenvalue weighted by Gasteiger charge is -2.18. The summed E-state index contributed by atoms with van der Waals surface area (Å²) in [6.45, 7) is 2.07. The minimum absolute atomic E-state index is 0.0623. The number of aliphatic hydroxyl groups is 1. The molecule has 1 aliphatic rings. The molecule has 0 radical (unpaired) electrons. The molecule has 0 heterocycles. The molecule has 1 saturated carbocycles. The third-order valence-electron chi connectivity index (χ3n) is 5.07. The van der Waals surface area contributed by atoms with Gasteiger partial charge in [-0.05, 0) is 36.5 Å². The van der Waals surface area contributed by atoms with Crippen LogP contribution in [-0.4, -0.2) is 31.8 Å². The molecule has 2 N–H and O–H groups in total. The summed E-state index contributed by atoms with van der Waals surface area (Å²) in [6.07, 6.45) is 6.88. The van der Waals surface area contributed by atoms with Gasteiger partial charge >= 0.3 is 0 Å². The van der Waals surface area contributed by atoms with E-state index >= 15 is 0 Å². The molecular weight excluding hydrogens is 338 g/mol. The summed E-state index contributed by atoms with van der Waals surface area (Å²) < 4.78 is 23.7. The average molecular weight is 368 g/mol. The van der Waals surface area contributed by atoms with E-state index in [4.69, 9.17) is 5.11 Å². The topological polar surface area (TPSA) is 83.5 Å². The molecule has 1 fully saturated rings. The van der Waals surface area contributed by atoms with Gasteiger partial charge in [-0.2, -0.15) is 0 Å². The van der Waals surface area contributed by atoms with Crippen LogP contribution < -0.4 is 5.32 Å². The van der Waals surface area contributed by atoms with Crippen molar-refractivity contribution in [1.29, 1.82) is 0 Å². The minimum Gasteiger partial charge on any atom is -0.395 e. The summed E-state index contributed by atoms with van der Waals surface area (Å²) >= 11 is 0. The zero-order chi connectivity index (χ0) is 18.3. The molecule has 0 aromatic heterocycles. The van der Waals surface area contributed by atoms with E-state index in [1.807, 2.05) is 0 Å². The van der Waals surface area contributed by atoms with Gasteiger partial charge in [0.25, 0.3) is 0 Å². The SMILES string of the molecule is CC[C@H](CC1CCCC1)C(=O)NCc1ccc(S(=O)(=O)CCO)cc1. The highest BCUT2D eigenvalue weighted by molar-refractivity contribution is 7.91. The van der Waals surface area contributed by atoms with Crippen molar-refractivity contribution in [2.24, 2.45) is 11.8 Å². The Morgan fingerprint density at radius 3 is 2.44 bits per heavy atom. The van der Waals surface area contributed by atoms with Gasteiger partial charge in [-0.3, -0.25) is 4.79 Å². The van der Waals surface area contributed by atoms with Crippen LogP contribution in [0, 0.1) is 11.8 Å². The monoisotopic (exact) mass is 367 g/mol. The van der Waals surface area contributed by atoms with Crippen LogP contribution in [0.1, 0.15) is 51.0 Å². The maximum absolute atomic E-state index is 12.4. The highest BCUT2D eigenvalue weighted by atomic mass is 32.2.